The molecule has 1 fully saturated rings. The first-order valence-electron chi connectivity index (χ1n) is 8.49. The van der Waals surface area contributed by atoms with Crippen LogP contribution in [-0.2, 0) is 4.74 Å². The van der Waals surface area contributed by atoms with E-state index in [0.717, 1.165) is 10.2 Å². The number of nitrogens with zero attached hydrogens (tertiary/aromatic N) is 3. The zero-order valence-electron chi connectivity index (χ0n) is 15.0. The summed E-state index contributed by atoms with van der Waals surface area (Å²) in [5, 5.41) is 16.6. The standard InChI is InChI=1S/C17H22N4O4S/c1-17(2,3)25-16(22)20-7-4-11(5-8-20)19-14-13(21(23)24)10-18-12-6-9-26-15(12)14/h6,9-11H,4-5,7-8H2,1-3H3,(H,18,19). The molecule has 2 aromatic heterocycles. The van der Waals surface area contributed by atoms with Crippen molar-refractivity contribution in [3.63, 3.8) is 0 Å². The topological polar surface area (TPSA) is 97.6 Å². The Bertz CT molecular complexity index is 822. The molecule has 3 heterocycles. The van der Waals surface area contributed by atoms with E-state index in [2.05, 4.69) is 10.3 Å². The van der Waals surface area contributed by atoms with E-state index in [1.54, 1.807) is 4.90 Å². The van der Waals surface area contributed by atoms with Crippen LogP contribution in [-0.4, -0.2) is 45.6 Å². The fraction of sp³-hybridized carbons (Fsp3) is 0.529. The molecular weight excluding hydrogens is 356 g/mol. The summed E-state index contributed by atoms with van der Waals surface area (Å²) in [6.45, 7) is 6.63. The van der Waals surface area contributed by atoms with Gasteiger partial charge >= 0.3 is 11.8 Å². The van der Waals surface area contributed by atoms with Crippen molar-refractivity contribution in [1.29, 1.82) is 0 Å². The molecule has 1 saturated heterocycles. The summed E-state index contributed by atoms with van der Waals surface area (Å²) in [7, 11) is 0. The molecule has 2 aromatic rings. The Hall–Kier alpha value is -2.42. The zero-order chi connectivity index (χ0) is 18.9. The van der Waals surface area contributed by atoms with Gasteiger partial charge in [-0.15, -0.1) is 11.3 Å². The lowest BCUT2D eigenvalue weighted by atomic mass is 10.0. The lowest BCUT2D eigenvalue weighted by molar-refractivity contribution is -0.384. The van der Waals surface area contributed by atoms with Gasteiger partial charge in [-0.25, -0.2) is 9.78 Å². The lowest BCUT2D eigenvalue weighted by Crippen LogP contribution is -2.44. The molecular formula is C17H22N4O4S. The van der Waals surface area contributed by atoms with Crippen molar-refractivity contribution in [2.75, 3.05) is 18.4 Å². The van der Waals surface area contributed by atoms with E-state index in [9.17, 15) is 14.9 Å². The highest BCUT2D eigenvalue weighted by molar-refractivity contribution is 7.17. The molecule has 1 N–H and O–H groups in total. The number of carbonyl (C=O) groups is 1. The lowest BCUT2D eigenvalue weighted by Gasteiger charge is -2.34. The Kier molecular flexibility index (Phi) is 4.99. The average Bonchev–Trinajstić information content (AvgIpc) is 3.03. The fourth-order valence-corrected chi connectivity index (χ4v) is 3.77. The number of hydrogen-bond acceptors (Lipinski definition) is 7. The van der Waals surface area contributed by atoms with Crippen LogP contribution >= 0.6 is 11.3 Å². The van der Waals surface area contributed by atoms with Crippen LogP contribution in [0.15, 0.2) is 17.6 Å². The summed E-state index contributed by atoms with van der Waals surface area (Å²) in [4.78, 5) is 28.9. The maximum atomic E-state index is 12.1. The molecule has 0 atom stereocenters. The molecule has 3 rings (SSSR count). The number of nitro groups is 1. The van der Waals surface area contributed by atoms with E-state index in [1.807, 2.05) is 32.2 Å². The zero-order valence-corrected chi connectivity index (χ0v) is 15.8. The highest BCUT2D eigenvalue weighted by Gasteiger charge is 2.28. The molecule has 140 valence electrons. The van der Waals surface area contributed by atoms with Gasteiger partial charge in [-0.05, 0) is 45.1 Å². The van der Waals surface area contributed by atoms with E-state index in [0.29, 0.717) is 31.6 Å². The molecule has 0 aromatic carbocycles. The Morgan fingerprint density at radius 2 is 2.12 bits per heavy atom. The van der Waals surface area contributed by atoms with Gasteiger partial charge in [-0.1, -0.05) is 0 Å². The third-order valence-corrected chi connectivity index (χ3v) is 5.07. The van der Waals surface area contributed by atoms with Gasteiger partial charge in [0, 0.05) is 19.1 Å². The second-order valence-electron chi connectivity index (χ2n) is 7.30. The quantitative estimate of drug-likeness (QED) is 0.640. The number of thiophene rings is 1. The first-order chi connectivity index (χ1) is 12.2. The second-order valence-corrected chi connectivity index (χ2v) is 8.21. The minimum absolute atomic E-state index is 0.0190. The molecule has 0 spiro atoms. The fourth-order valence-electron chi connectivity index (χ4n) is 2.92. The van der Waals surface area contributed by atoms with E-state index < -0.39 is 10.5 Å². The smallest absolute Gasteiger partial charge is 0.410 e. The number of rotatable bonds is 3. The molecule has 1 aliphatic heterocycles. The van der Waals surface area contributed by atoms with Crippen molar-refractivity contribution in [2.24, 2.45) is 0 Å². The van der Waals surface area contributed by atoms with Crippen molar-refractivity contribution in [1.82, 2.24) is 9.88 Å². The van der Waals surface area contributed by atoms with E-state index in [-0.39, 0.29) is 17.8 Å². The number of nitrogens with one attached hydrogen (secondary N) is 1. The van der Waals surface area contributed by atoms with E-state index in [4.69, 9.17) is 4.74 Å². The number of likely N-dealkylation sites (tertiary alicyclic amines) is 1. The van der Waals surface area contributed by atoms with Crippen molar-refractivity contribution < 1.29 is 14.5 Å². The summed E-state index contributed by atoms with van der Waals surface area (Å²) >= 11 is 1.43. The number of ether oxygens (including phenoxy) is 1. The van der Waals surface area contributed by atoms with Crippen LogP contribution in [0, 0.1) is 10.1 Å². The largest absolute Gasteiger partial charge is 0.444 e. The minimum Gasteiger partial charge on any atom is -0.444 e. The number of fused-ring (bicyclic) bond motifs is 1. The first kappa shape index (κ1) is 18.4. The number of aromatic nitrogens is 1. The summed E-state index contributed by atoms with van der Waals surface area (Å²) < 4.78 is 6.19. The van der Waals surface area contributed by atoms with Crippen LogP contribution in [0.4, 0.5) is 16.2 Å². The average molecular weight is 378 g/mol. The Labute approximate surface area is 155 Å². The van der Waals surface area contributed by atoms with Crippen LogP contribution in [0.3, 0.4) is 0 Å². The number of carbonyl (C=O) groups excluding carboxylic acids is 1. The molecule has 0 aliphatic carbocycles. The Morgan fingerprint density at radius 1 is 1.42 bits per heavy atom. The SMILES string of the molecule is CC(C)(C)OC(=O)N1CCC(Nc2c([N+](=O)[O-])cnc3ccsc23)CC1. The van der Waals surface area contributed by atoms with Crippen molar-refractivity contribution >= 4 is 39.0 Å². The minimum atomic E-state index is -0.519. The first-order valence-corrected chi connectivity index (χ1v) is 9.37. The maximum Gasteiger partial charge on any atom is 0.410 e. The van der Waals surface area contributed by atoms with Crippen LogP contribution in [0.25, 0.3) is 10.2 Å². The highest BCUT2D eigenvalue weighted by atomic mass is 32.1. The predicted octanol–water partition coefficient (Wildman–Crippen LogP) is 4.02. The van der Waals surface area contributed by atoms with Crippen molar-refractivity contribution in [3.8, 4) is 0 Å². The molecule has 1 amide bonds. The molecule has 0 bridgehead atoms. The van der Waals surface area contributed by atoms with Gasteiger partial charge in [0.05, 0.1) is 15.1 Å². The Balaban J connectivity index is 1.69. The third-order valence-electron chi connectivity index (χ3n) is 4.15. The molecule has 26 heavy (non-hydrogen) atoms. The van der Waals surface area contributed by atoms with Crippen LogP contribution in [0.5, 0.6) is 0 Å². The van der Waals surface area contributed by atoms with Gasteiger partial charge < -0.3 is 15.0 Å². The van der Waals surface area contributed by atoms with Crippen LogP contribution in [0.1, 0.15) is 33.6 Å². The summed E-state index contributed by atoms with van der Waals surface area (Å²) in [5.41, 5.74) is 0.726. The number of hydrogen-bond donors (Lipinski definition) is 1. The normalized spacial score (nSPS) is 15.9. The second kappa shape index (κ2) is 7.06. The molecule has 9 heteroatoms. The van der Waals surface area contributed by atoms with Gasteiger partial charge in [0.2, 0.25) is 0 Å². The van der Waals surface area contributed by atoms with Crippen molar-refractivity contribution in [3.05, 3.63) is 27.8 Å². The van der Waals surface area contributed by atoms with Gasteiger partial charge in [-0.3, -0.25) is 10.1 Å². The van der Waals surface area contributed by atoms with E-state index >= 15 is 0 Å². The van der Waals surface area contributed by atoms with Crippen molar-refractivity contribution in [2.45, 2.75) is 45.3 Å². The summed E-state index contributed by atoms with van der Waals surface area (Å²) in [6.07, 6.45) is 2.39. The molecule has 0 unspecified atom stereocenters. The monoisotopic (exact) mass is 378 g/mol. The number of pyridine rings is 1. The van der Waals surface area contributed by atoms with Gasteiger partial charge in [-0.2, -0.15) is 0 Å². The summed E-state index contributed by atoms with van der Waals surface area (Å²) in [5.74, 6) is 0. The highest BCUT2D eigenvalue weighted by Crippen LogP contribution is 2.36. The Morgan fingerprint density at radius 3 is 2.73 bits per heavy atom. The number of amides is 1. The van der Waals surface area contributed by atoms with Gasteiger partial charge in [0.1, 0.15) is 17.5 Å². The van der Waals surface area contributed by atoms with E-state index in [1.165, 1.54) is 17.5 Å². The number of piperidine rings is 1. The van der Waals surface area contributed by atoms with Gasteiger partial charge in [0.25, 0.3) is 0 Å². The molecule has 8 nitrogen and oxygen atoms in total. The van der Waals surface area contributed by atoms with Crippen LogP contribution in [0.2, 0.25) is 0 Å². The summed E-state index contributed by atoms with van der Waals surface area (Å²) in [6, 6.07) is 1.90. The number of anilines is 1. The molecule has 0 saturated carbocycles. The predicted molar refractivity (Wildman–Crippen MR) is 101 cm³/mol. The van der Waals surface area contributed by atoms with Gasteiger partial charge in [0.15, 0.2) is 0 Å². The third kappa shape index (κ3) is 4.04. The van der Waals surface area contributed by atoms with Crippen LogP contribution < -0.4 is 5.32 Å². The molecule has 0 radical (unpaired) electrons. The molecule has 1 aliphatic rings. The maximum absolute atomic E-state index is 12.1.